The van der Waals surface area contributed by atoms with E-state index in [1.54, 1.807) is 7.11 Å². The number of hydrogen-bond donors (Lipinski definition) is 1. The molecule has 0 aliphatic rings. The number of hydrogen-bond acceptors (Lipinski definition) is 4. The molecule has 0 aromatic rings. The van der Waals surface area contributed by atoms with Gasteiger partial charge < -0.3 is 20.3 Å². The molecule has 0 aromatic carbocycles. The van der Waals surface area contributed by atoms with Crippen molar-refractivity contribution in [3.63, 3.8) is 0 Å². The Kier molecular flexibility index (Phi) is 11.8. The predicted molar refractivity (Wildman–Crippen MR) is 79.0 cm³/mol. The molecule has 0 heterocycles. The van der Waals surface area contributed by atoms with Crippen molar-refractivity contribution in [3.05, 3.63) is 0 Å². The quantitative estimate of drug-likeness (QED) is 0.575. The van der Waals surface area contributed by atoms with Gasteiger partial charge >= 0.3 is 0 Å². The molecule has 1 unspecified atom stereocenters. The number of rotatable bonds is 12. The molecule has 110 valence electrons. The van der Waals surface area contributed by atoms with Gasteiger partial charge in [-0.1, -0.05) is 20.8 Å². The zero-order chi connectivity index (χ0) is 13.8. The van der Waals surface area contributed by atoms with Crippen LogP contribution in [0.25, 0.3) is 0 Å². The predicted octanol–water partition coefficient (Wildman–Crippen LogP) is 1.40. The van der Waals surface area contributed by atoms with Gasteiger partial charge in [0, 0.05) is 20.2 Å². The number of ether oxygens (including phenoxy) is 1. The van der Waals surface area contributed by atoms with E-state index in [2.05, 4.69) is 30.6 Å². The molecular weight excluding hydrogens is 226 g/mol. The van der Waals surface area contributed by atoms with Crippen molar-refractivity contribution in [1.29, 1.82) is 0 Å². The van der Waals surface area contributed by atoms with E-state index in [0.717, 1.165) is 32.6 Å². The summed E-state index contributed by atoms with van der Waals surface area (Å²) in [4.78, 5) is 4.97. The summed E-state index contributed by atoms with van der Waals surface area (Å²) >= 11 is 0. The molecule has 2 N–H and O–H groups in total. The van der Waals surface area contributed by atoms with E-state index in [1.165, 1.54) is 19.5 Å². The van der Waals surface area contributed by atoms with E-state index < -0.39 is 0 Å². The van der Waals surface area contributed by atoms with E-state index in [1.807, 2.05) is 0 Å². The van der Waals surface area contributed by atoms with Gasteiger partial charge in [0.25, 0.3) is 0 Å². The Morgan fingerprint density at radius 2 is 1.50 bits per heavy atom. The minimum Gasteiger partial charge on any atom is -0.380 e. The molecule has 0 aliphatic carbocycles. The Morgan fingerprint density at radius 1 is 0.944 bits per heavy atom. The summed E-state index contributed by atoms with van der Waals surface area (Å²) in [6.45, 7) is 14.2. The summed E-state index contributed by atoms with van der Waals surface area (Å²) in [5.41, 5.74) is 5.64. The molecular formula is C14H33N3O. The standard InChI is InChI=1S/C14H33N3O/c1-5-16(6-2)10-8-11-17(7-3)12-9-14(13-15)18-4/h14H,5-13,15H2,1-4H3. The summed E-state index contributed by atoms with van der Waals surface area (Å²) in [6, 6.07) is 0. The van der Waals surface area contributed by atoms with Gasteiger partial charge in [-0.25, -0.2) is 0 Å². The van der Waals surface area contributed by atoms with Crippen LogP contribution in [-0.4, -0.2) is 68.8 Å². The van der Waals surface area contributed by atoms with E-state index in [9.17, 15) is 0 Å². The Hall–Kier alpha value is -0.160. The highest BCUT2D eigenvalue weighted by molar-refractivity contribution is 4.64. The van der Waals surface area contributed by atoms with Gasteiger partial charge in [0.2, 0.25) is 0 Å². The van der Waals surface area contributed by atoms with Gasteiger partial charge in [-0.15, -0.1) is 0 Å². The Bertz CT molecular complexity index is 170. The Balaban J connectivity index is 3.76. The van der Waals surface area contributed by atoms with Crippen LogP contribution in [0, 0.1) is 0 Å². The van der Waals surface area contributed by atoms with Crippen LogP contribution >= 0.6 is 0 Å². The van der Waals surface area contributed by atoms with Crippen LogP contribution in [0.3, 0.4) is 0 Å². The van der Waals surface area contributed by atoms with E-state index in [-0.39, 0.29) is 6.10 Å². The summed E-state index contributed by atoms with van der Waals surface area (Å²) in [5, 5.41) is 0. The Labute approximate surface area is 113 Å². The SMILES string of the molecule is CCN(CC)CCCN(CC)CCC(CN)OC. The van der Waals surface area contributed by atoms with Gasteiger partial charge in [-0.2, -0.15) is 0 Å². The largest absolute Gasteiger partial charge is 0.380 e. The number of nitrogens with zero attached hydrogens (tertiary/aromatic N) is 2. The average Bonchev–Trinajstić information content (AvgIpc) is 2.42. The van der Waals surface area contributed by atoms with Gasteiger partial charge in [0.05, 0.1) is 6.10 Å². The lowest BCUT2D eigenvalue weighted by atomic mass is 10.2. The average molecular weight is 259 g/mol. The lowest BCUT2D eigenvalue weighted by Gasteiger charge is -2.24. The van der Waals surface area contributed by atoms with Gasteiger partial charge in [0.15, 0.2) is 0 Å². The van der Waals surface area contributed by atoms with Crippen molar-refractivity contribution in [2.24, 2.45) is 5.73 Å². The maximum absolute atomic E-state index is 5.64. The highest BCUT2D eigenvalue weighted by atomic mass is 16.5. The first-order valence-electron chi connectivity index (χ1n) is 7.39. The molecule has 0 fully saturated rings. The maximum Gasteiger partial charge on any atom is 0.0705 e. The van der Waals surface area contributed by atoms with Crippen LogP contribution in [0.5, 0.6) is 0 Å². The number of methoxy groups -OCH3 is 1. The van der Waals surface area contributed by atoms with E-state index >= 15 is 0 Å². The summed E-state index contributed by atoms with van der Waals surface area (Å²) < 4.78 is 5.31. The fourth-order valence-corrected chi connectivity index (χ4v) is 2.14. The van der Waals surface area contributed by atoms with Gasteiger partial charge in [0.1, 0.15) is 0 Å². The summed E-state index contributed by atoms with van der Waals surface area (Å²) in [6.07, 6.45) is 2.49. The number of nitrogens with two attached hydrogens (primary N) is 1. The van der Waals surface area contributed by atoms with Crippen LogP contribution in [0.2, 0.25) is 0 Å². The molecule has 4 heteroatoms. The highest BCUT2D eigenvalue weighted by Gasteiger charge is 2.08. The topological polar surface area (TPSA) is 41.7 Å². The fourth-order valence-electron chi connectivity index (χ4n) is 2.14. The van der Waals surface area contributed by atoms with Gasteiger partial charge in [-0.05, 0) is 45.6 Å². The molecule has 0 saturated carbocycles. The minimum atomic E-state index is 0.210. The lowest BCUT2D eigenvalue weighted by Crippen LogP contribution is -2.33. The lowest BCUT2D eigenvalue weighted by molar-refractivity contribution is 0.0894. The smallest absolute Gasteiger partial charge is 0.0705 e. The Morgan fingerprint density at radius 3 is 1.94 bits per heavy atom. The molecule has 0 aromatic heterocycles. The molecule has 4 nitrogen and oxygen atoms in total. The van der Waals surface area contributed by atoms with Crippen molar-refractivity contribution in [2.45, 2.75) is 39.7 Å². The molecule has 0 spiro atoms. The second-order valence-corrected chi connectivity index (χ2v) is 4.70. The third-order valence-electron chi connectivity index (χ3n) is 3.65. The first-order valence-corrected chi connectivity index (χ1v) is 7.39. The highest BCUT2D eigenvalue weighted by Crippen LogP contribution is 2.01. The van der Waals surface area contributed by atoms with E-state index in [4.69, 9.17) is 10.5 Å². The van der Waals surface area contributed by atoms with E-state index in [0.29, 0.717) is 6.54 Å². The third-order valence-corrected chi connectivity index (χ3v) is 3.65. The van der Waals surface area contributed by atoms with Crippen LogP contribution < -0.4 is 5.73 Å². The van der Waals surface area contributed by atoms with Crippen LogP contribution in [-0.2, 0) is 4.74 Å². The van der Waals surface area contributed by atoms with Crippen molar-refractivity contribution in [3.8, 4) is 0 Å². The second-order valence-electron chi connectivity index (χ2n) is 4.70. The molecule has 0 amide bonds. The first kappa shape index (κ1) is 17.8. The monoisotopic (exact) mass is 259 g/mol. The molecule has 0 bridgehead atoms. The van der Waals surface area contributed by atoms with Crippen molar-refractivity contribution in [1.82, 2.24) is 9.80 Å². The molecule has 1 atom stereocenters. The minimum absolute atomic E-state index is 0.210. The normalized spacial score (nSPS) is 13.5. The molecule has 0 radical (unpaired) electrons. The fraction of sp³-hybridized carbons (Fsp3) is 1.00. The third kappa shape index (κ3) is 8.03. The van der Waals surface area contributed by atoms with Crippen molar-refractivity contribution in [2.75, 3.05) is 52.9 Å². The summed E-state index contributed by atoms with van der Waals surface area (Å²) in [7, 11) is 1.74. The molecule has 18 heavy (non-hydrogen) atoms. The zero-order valence-corrected chi connectivity index (χ0v) is 12.8. The van der Waals surface area contributed by atoms with Crippen LogP contribution in [0.1, 0.15) is 33.6 Å². The zero-order valence-electron chi connectivity index (χ0n) is 12.8. The van der Waals surface area contributed by atoms with Crippen molar-refractivity contribution >= 4 is 0 Å². The molecule has 0 rings (SSSR count). The maximum atomic E-state index is 5.64. The van der Waals surface area contributed by atoms with Gasteiger partial charge in [-0.3, -0.25) is 0 Å². The first-order chi connectivity index (χ1) is 8.71. The molecule has 0 aliphatic heterocycles. The van der Waals surface area contributed by atoms with Crippen molar-refractivity contribution < 1.29 is 4.74 Å². The second kappa shape index (κ2) is 11.9. The summed E-state index contributed by atoms with van der Waals surface area (Å²) in [5.74, 6) is 0. The van der Waals surface area contributed by atoms with Crippen LogP contribution in [0.15, 0.2) is 0 Å². The molecule has 0 saturated heterocycles. The van der Waals surface area contributed by atoms with Crippen LogP contribution in [0.4, 0.5) is 0 Å².